The molecule has 2 aromatic heterocycles. The second kappa shape index (κ2) is 6.93. The number of aromatic amines is 1. The Hall–Kier alpha value is -3.26. The molecule has 3 aromatic rings. The van der Waals surface area contributed by atoms with Crippen molar-refractivity contribution in [3.05, 3.63) is 42.7 Å². The number of anilines is 2. The first kappa shape index (κ1) is 16.2. The number of fused-ring (bicyclic) bond motifs is 1. The first-order valence-electron chi connectivity index (χ1n) is 8.27. The molecule has 0 bridgehead atoms. The topological polar surface area (TPSA) is 96.0 Å². The van der Waals surface area contributed by atoms with E-state index < -0.39 is 0 Å². The number of rotatable bonds is 5. The van der Waals surface area contributed by atoms with Crippen molar-refractivity contribution in [2.45, 2.75) is 0 Å². The number of carbonyl (C=O) groups is 1. The summed E-state index contributed by atoms with van der Waals surface area (Å²) < 4.78 is 5.10. The summed E-state index contributed by atoms with van der Waals surface area (Å²) in [5.74, 6) is 1.10. The zero-order chi connectivity index (χ0) is 17.9. The molecule has 0 atom stereocenters. The average Bonchev–Trinajstić information content (AvgIpc) is 3.22. The van der Waals surface area contributed by atoms with Crippen LogP contribution >= 0.6 is 0 Å². The average molecular weight is 350 g/mol. The molecule has 1 amide bonds. The first-order valence-corrected chi connectivity index (χ1v) is 8.27. The standard InChI is InChI=1S/C18H18N6O2/c1-26-9-8-24-16(25)11-20-17-18(24)22-15(10-19-17)13-4-2-12(3-5-13)14-6-7-21-23-14/h2-7,10H,8-9,11H2,1H3,(H,19,20)(H,21,23). The molecule has 26 heavy (non-hydrogen) atoms. The van der Waals surface area contributed by atoms with E-state index in [9.17, 15) is 4.79 Å². The highest BCUT2D eigenvalue weighted by atomic mass is 16.5. The van der Waals surface area contributed by atoms with Crippen LogP contribution < -0.4 is 10.2 Å². The predicted molar refractivity (Wildman–Crippen MR) is 97.8 cm³/mol. The molecule has 0 radical (unpaired) electrons. The van der Waals surface area contributed by atoms with Crippen molar-refractivity contribution in [3.8, 4) is 22.5 Å². The SMILES string of the molecule is COCCN1C(=O)CNc2ncc(-c3ccc(-c4cc[nH]n4)cc3)nc21. The highest BCUT2D eigenvalue weighted by Crippen LogP contribution is 2.29. The van der Waals surface area contributed by atoms with Crippen molar-refractivity contribution >= 4 is 17.5 Å². The third-order valence-corrected chi connectivity index (χ3v) is 4.21. The van der Waals surface area contributed by atoms with Crippen LogP contribution in [0.5, 0.6) is 0 Å². The highest BCUT2D eigenvalue weighted by Gasteiger charge is 2.26. The number of amides is 1. The van der Waals surface area contributed by atoms with Crippen LogP contribution in [0.4, 0.5) is 11.6 Å². The summed E-state index contributed by atoms with van der Waals surface area (Å²) in [6, 6.07) is 9.83. The molecule has 132 valence electrons. The number of H-pyrrole nitrogens is 1. The van der Waals surface area contributed by atoms with E-state index in [1.54, 1.807) is 24.4 Å². The van der Waals surface area contributed by atoms with Gasteiger partial charge in [0.05, 0.1) is 37.3 Å². The van der Waals surface area contributed by atoms with Gasteiger partial charge in [0.15, 0.2) is 11.6 Å². The van der Waals surface area contributed by atoms with Crippen LogP contribution in [-0.4, -0.2) is 52.9 Å². The van der Waals surface area contributed by atoms with E-state index in [1.165, 1.54) is 0 Å². The van der Waals surface area contributed by atoms with Gasteiger partial charge in [-0.2, -0.15) is 5.10 Å². The molecule has 0 saturated heterocycles. The van der Waals surface area contributed by atoms with E-state index in [2.05, 4.69) is 25.5 Å². The number of nitrogens with zero attached hydrogens (tertiary/aromatic N) is 4. The van der Waals surface area contributed by atoms with Gasteiger partial charge in [0.25, 0.3) is 0 Å². The smallest absolute Gasteiger partial charge is 0.247 e. The molecule has 1 aliphatic rings. The van der Waals surface area contributed by atoms with Crippen LogP contribution in [0.25, 0.3) is 22.5 Å². The molecule has 0 saturated carbocycles. The number of carbonyl (C=O) groups excluding carboxylic acids is 1. The Balaban J connectivity index is 1.66. The van der Waals surface area contributed by atoms with E-state index in [0.29, 0.717) is 30.5 Å². The number of hydrogen-bond donors (Lipinski definition) is 2. The normalized spacial score (nSPS) is 13.4. The van der Waals surface area contributed by atoms with Crippen LogP contribution in [0.2, 0.25) is 0 Å². The van der Waals surface area contributed by atoms with Crippen LogP contribution in [0.15, 0.2) is 42.7 Å². The Bertz CT molecular complexity index is 908. The third kappa shape index (κ3) is 3.02. The summed E-state index contributed by atoms with van der Waals surface area (Å²) in [5, 5.41) is 9.99. The Morgan fingerprint density at radius 3 is 2.62 bits per heavy atom. The number of ether oxygens (including phenoxy) is 1. The molecule has 8 nitrogen and oxygen atoms in total. The zero-order valence-electron chi connectivity index (χ0n) is 14.3. The molecule has 0 aliphatic carbocycles. The summed E-state index contributed by atoms with van der Waals surface area (Å²) in [5.41, 5.74) is 3.52. The fourth-order valence-electron chi connectivity index (χ4n) is 2.85. The number of hydrogen-bond acceptors (Lipinski definition) is 6. The second-order valence-electron chi connectivity index (χ2n) is 5.86. The molecule has 4 rings (SSSR count). The van der Waals surface area contributed by atoms with E-state index >= 15 is 0 Å². The molecule has 0 unspecified atom stereocenters. The van der Waals surface area contributed by atoms with E-state index in [0.717, 1.165) is 16.8 Å². The van der Waals surface area contributed by atoms with Crippen LogP contribution in [-0.2, 0) is 9.53 Å². The fraction of sp³-hybridized carbons (Fsp3) is 0.222. The van der Waals surface area contributed by atoms with Gasteiger partial charge in [-0.05, 0) is 6.07 Å². The fourth-order valence-corrected chi connectivity index (χ4v) is 2.85. The van der Waals surface area contributed by atoms with Crippen molar-refractivity contribution in [2.24, 2.45) is 0 Å². The summed E-state index contributed by atoms with van der Waals surface area (Å²) in [6.07, 6.45) is 3.50. The molecule has 3 heterocycles. The number of methoxy groups -OCH3 is 1. The van der Waals surface area contributed by atoms with Crippen molar-refractivity contribution in [3.63, 3.8) is 0 Å². The lowest BCUT2D eigenvalue weighted by atomic mass is 10.1. The molecule has 0 spiro atoms. The van der Waals surface area contributed by atoms with Crippen molar-refractivity contribution in [1.29, 1.82) is 0 Å². The van der Waals surface area contributed by atoms with Crippen molar-refractivity contribution in [2.75, 3.05) is 37.0 Å². The molecular formula is C18H18N6O2. The van der Waals surface area contributed by atoms with Gasteiger partial charge in [-0.15, -0.1) is 0 Å². The number of aromatic nitrogens is 4. The van der Waals surface area contributed by atoms with Gasteiger partial charge in [0, 0.05) is 24.4 Å². The minimum absolute atomic E-state index is 0.0464. The molecule has 2 N–H and O–H groups in total. The lowest BCUT2D eigenvalue weighted by Gasteiger charge is -2.28. The largest absolute Gasteiger partial charge is 0.383 e. The van der Waals surface area contributed by atoms with Gasteiger partial charge in [0.2, 0.25) is 5.91 Å². The van der Waals surface area contributed by atoms with Gasteiger partial charge >= 0.3 is 0 Å². The number of benzene rings is 1. The second-order valence-corrected chi connectivity index (χ2v) is 5.86. The maximum Gasteiger partial charge on any atom is 0.247 e. The summed E-state index contributed by atoms with van der Waals surface area (Å²) in [4.78, 5) is 22.9. The van der Waals surface area contributed by atoms with E-state index in [1.807, 2.05) is 30.3 Å². The minimum Gasteiger partial charge on any atom is -0.383 e. The summed E-state index contributed by atoms with van der Waals surface area (Å²) in [7, 11) is 1.61. The van der Waals surface area contributed by atoms with Crippen LogP contribution in [0, 0.1) is 0 Å². The number of nitrogens with one attached hydrogen (secondary N) is 2. The minimum atomic E-state index is -0.0464. The Kier molecular flexibility index (Phi) is 4.32. The Morgan fingerprint density at radius 1 is 1.15 bits per heavy atom. The van der Waals surface area contributed by atoms with Gasteiger partial charge < -0.3 is 10.1 Å². The lowest BCUT2D eigenvalue weighted by Crippen LogP contribution is -2.42. The van der Waals surface area contributed by atoms with Gasteiger partial charge in [-0.3, -0.25) is 14.8 Å². The predicted octanol–water partition coefficient (Wildman–Crippen LogP) is 1.94. The molecule has 1 aliphatic heterocycles. The molecule has 1 aromatic carbocycles. The van der Waals surface area contributed by atoms with Gasteiger partial charge in [-0.25, -0.2) is 9.97 Å². The van der Waals surface area contributed by atoms with Crippen LogP contribution in [0.1, 0.15) is 0 Å². The van der Waals surface area contributed by atoms with Crippen molar-refractivity contribution in [1.82, 2.24) is 20.2 Å². The van der Waals surface area contributed by atoms with Crippen LogP contribution in [0.3, 0.4) is 0 Å². The quantitative estimate of drug-likeness (QED) is 0.730. The molecular weight excluding hydrogens is 332 g/mol. The van der Waals surface area contributed by atoms with Gasteiger partial charge in [-0.1, -0.05) is 24.3 Å². The monoisotopic (exact) mass is 350 g/mol. The zero-order valence-corrected chi connectivity index (χ0v) is 14.3. The Morgan fingerprint density at radius 2 is 1.92 bits per heavy atom. The molecule has 0 fully saturated rings. The van der Waals surface area contributed by atoms with Gasteiger partial charge in [0.1, 0.15) is 0 Å². The maximum atomic E-state index is 12.2. The third-order valence-electron chi connectivity index (χ3n) is 4.21. The van der Waals surface area contributed by atoms with Crippen molar-refractivity contribution < 1.29 is 9.53 Å². The summed E-state index contributed by atoms with van der Waals surface area (Å²) in [6.45, 7) is 1.10. The first-order chi connectivity index (χ1) is 12.8. The summed E-state index contributed by atoms with van der Waals surface area (Å²) >= 11 is 0. The highest BCUT2D eigenvalue weighted by molar-refractivity contribution is 6.00. The van der Waals surface area contributed by atoms with E-state index in [-0.39, 0.29) is 12.5 Å². The Labute approximate surface area is 150 Å². The van der Waals surface area contributed by atoms with E-state index in [4.69, 9.17) is 4.74 Å². The maximum absolute atomic E-state index is 12.2. The molecule has 8 heteroatoms. The lowest BCUT2D eigenvalue weighted by molar-refractivity contribution is -0.117.